The van der Waals surface area contributed by atoms with Crippen molar-refractivity contribution < 1.29 is 4.79 Å². The lowest BCUT2D eigenvalue weighted by Crippen LogP contribution is -2.53. The number of hydrogen-bond donors (Lipinski definition) is 1. The average Bonchev–Trinajstić information content (AvgIpc) is 3.22. The van der Waals surface area contributed by atoms with E-state index >= 15 is 0 Å². The Kier molecular flexibility index (Phi) is 5.39. The molecule has 162 valence electrons. The Morgan fingerprint density at radius 3 is 2.48 bits per heavy atom. The Morgan fingerprint density at radius 2 is 1.77 bits per heavy atom. The number of anilines is 4. The molecule has 3 aromatic rings. The van der Waals surface area contributed by atoms with Gasteiger partial charge in [-0.2, -0.15) is 5.10 Å². The number of fused-ring (bicyclic) bond motifs is 1. The number of carbonyl (C=O) groups is 1. The monoisotopic (exact) mass is 419 g/mol. The van der Waals surface area contributed by atoms with Gasteiger partial charge in [-0.1, -0.05) is 0 Å². The standard InChI is InChI=1S/C23H29N7O/c1-14(2)29-16(5)22(31)28(6)20-8-7-17(13-21(20)29)26-23-24-11-9-18(27-23)19-10-12-25-30(19)15(3)4/h7-16H,1-6H3,(H,24,26,27)/t16-/m1/s1. The lowest BCUT2D eigenvalue weighted by atomic mass is 10.0. The molecule has 1 amide bonds. The van der Waals surface area contributed by atoms with E-state index in [0.717, 1.165) is 28.5 Å². The molecule has 1 aromatic carbocycles. The number of aromatic nitrogens is 4. The van der Waals surface area contributed by atoms with Crippen molar-refractivity contribution in [3.05, 3.63) is 42.7 Å². The van der Waals surface area contributed by atoms with Crippen molar-refractivity contribution in [2.75, 3.05) is 22.2 Å². The molecule has 31 heavy (non-hydrogen) atoms. The van der Waals surface area contributed by atoms with Gasteiger partial charge < -0.3 is 15.1 Å². The molecule has 0 saturated heterocycles. The zero-order valence-electron chi connectivity index (χ0n) is 18.9. The Bertz CT molecular complexity index is 1100. The molecule has 2 aromatic heterocycles. The zero-order valence-corrected chi connectivity index (χ0v) is 18.9. The van der Waals surface area contributed by atoms with Gasteiger partial charge in [0.05, 0.1) is 22.8 Å². The summed E-state index contributed by atoms with van der Waals surface area (Å²) < 4.78 is 1.94. The number of likely N-dealkylation sites (N-methyl/N-ethyl adjacent to an activating group) is 1. The van der Waals surface area contributed by atoms with Gasteiger partial charge in [-0.3, -0.25) is 9.48 Å². The molecule has 0 bridgehead atoms. The first kappa shape index (κ1) is 20.8. The Labute approximate surface area is 182 Å². The highest BCUT2D eigenvalue weighted by Crippen LogP contribution is 2.39. The molecule has 0 saturated carbocycles. The summed E-state index contributed by atoms with van der Waals surface area (Å²) in [6.07, 6.45) is 3.53. The lowest BCUT2D eigenvalue weighted by molar-refractivity contribution is -0.119. The van der Waals surface area contributed by atoms with Crippen molar-refractivity contribution in [2.24, 2.45) is 0 Å². The summed E-state index contributed by atoms with van der Waals surface area (Å²) in [7, 11) is 1.83. The van der Waals surface area contributed by atoms with E-state index in [1.54, 1.807) is 17.3 Å². The van der Waals surface area contributed by atoms with Crippen LogP contribution in [0.5, 0.6) is 0 Å². The molecule has 1 N–H and O–H groups in total. The zero-order chi connectivity index (χ0) is 22.3. The van der Waals surface area contributed by atoms with Crippen molar-refractivity contribution in [3.8, 4) is 11.4 Å². The molecule has 0 spiro atoms. The Hall–Kier alpha value is -3.42. The van der Waals surface area contributed by atoms with Crippen LogP contribution in [0.3, 0.4) is 0 Å². The Balaban J connectivity index is 1.67. The van der Waals surface area contributed by atoms with Crippen molar-refractivity contribution in [3.63, 3.8) is 0 Å². The smallest absolute Gasteiger partial charge is 0.249 e. The van der Waals surface area contributed by atoms with Crippen LogP contribution in [0, 0.1) is 0 Å². The van der Waals surface area contributed by atoms with Crippen LogP contribution >= 0.6 is 0 Å². The quantitative estimate of drug-likeness (QED) is 0.666. The van der Waals surface area contributed by atoms with E-state index < -0.39 is 0 Å². The van der Waals surface area contributed by atoms with Crippen LogP contribution in [0.15, 0.2) is 42.7 Å². The third-order valence-corrected chi connectivity index (χ3v) is 5.61. The van der Waals surface area contributed by atoms with E-state index in [1.165, 1.54) is 0 Å². The SMILES string of the molecule is CC(C)N1c2cc(Nc3nccc(-c4ccnn4C(C)C)n3)ccc2N(C)C(=O)[C@H]1C. The highest BCUT2D eigenvalue weighted by atomic mass is 16.2. The van der Waals surface area contributed by atoms with Crippen molar-refractivity contribution in [1.82, 2.24) is 19.7 Å². The van der Waals surface area contributed by atoms with Gasteiger partial charge in [-0.15, -0.1) is 0 Å². The minimum absolute atomic E-state index is 0.0970. The highest BCUT2D eigenvalue weighted by Gasteiger charge is 2.34. The normalized spacial score (nSPS) is 16.3. The summed E-state index contributed by atoms with van der Waals surface area (Å²) in [6.45, 7) is 10.3. The summed E-state index contributed by atoms with van der Waals surface area (Å²) in [6, 6.07) is 10.0. The van der Waals surface area contributed by atoms with Crippen molar-refractivity contribution >= 4 is 28.9 Å². The van der Waals surface area contributed by atoms with E-state index in [0.29, 0.717) is 5.95 Å². The van der Waals surface area contributed by atoms with Crippen LogP contribution in [0.2, 0.25) is 0 Å². The third kappa shape index (κ3) is 3.73. The molecule has 0 aliphatic carbocycles. The second kappa shape index (κ2) is 8.02. The maximum Gasteiger partial charge on any atom is 0.249 e. The second-order valence-electron chi connectivity index (χ2n) is 8.42. The second-order valence-corrected chi connectivity index (χ2v) is 8.42. The predicted octanol–water partition coefficient (Wildman–Crippen LogP) is 4.24. The van der Waals surface area contributed by atoms with Gasteiger partial charge in [-0.05, 0) is 65.0 Å². The van der Waals surface area contributed by atoms with Crippen LogP contribution in [0.1, 0.15) is 40.7 Å². The van der Waals surface area contributed by atoms with E-state index in [1.807, 2.05) is 42.9 Å². The average molecular weight is 420 g/mol. The molecular weight excluding hydrogens is 390 g/mol. The molecule has 8 nitrogen and oxygen atoms in total. The van der Waals surface area contributed by atoms with Crippen LogP contribution in [0.25, 0.3) is 11.4 Å². The first-order chi connectivity index (χ1) is 14.8. The molecule has 4 rings (SSSR count). The number of benzene rings is 1. The first-order valence-corrected chi connectivity index (χ1v) is 10.6. The van der Waals surface area contributed by atoms with Crippen molar-refractivity contribution in [1.29, 1.82) is 0 Å². The summed E-state index contributed by atoms with van der Waals surface area (Å²) in [5.41, 5.74) is 4.55. The van der Waals surface area contributed by atoms with Crippen LogP contribution in [-0.2, 0) is 4.79 Å². The highest BCUT2D eigenvalue weighted by molar-refractivity contribution is 6.05. The van der Waals surface area contributed by atoms with Gasteiger partial charge in [0.2, 0.25) is 11.9 Å². The first-order valence-electron chi connectivity index (χ1n) is 10.6. The van der Waals surface area contributed by atoms with Gasteiger partial charge in [-0.25, -0.2) is 9.97 Å². The maximum absolute atomic E-state index is 12.6. The summed E-state index contributed by atoms with van der Waals surface area (Å²) in [4.78, 5) is 25.6. The minimum atomic E-state index is -0.219. The maximum atomic E-state index is 12.6. The summed E-state index contributed by atoms with van der Waals surface area (Å²) in [5, 5.41) is 7.72. The van der Waals surface area contributed by atoms with Gasteiger partial charge in [0.1, 0.15) is 6.04 Å². The van der Waals surface area contributed by atoms with Crippen LogP contribution in [0.4, 0.5) is 23.0 Å². The number of rotatable bonds is 5. The molecule has 8 heteroatoms. The molecule has 0 fully saturated rings. The van der Waals surface area contributed by atoms with E-state index in [4.69, 9.17) is 4.98 Å². The molecule has 1 aliphatic rings. The lowest BCUT2D eigenvalue weighted by Gasteiger charge is -2.42. The van der Waals surface area contributed by atoms with Gasteiger partial charge in [0, 0.05) is 37.2 Å². The van der Waals surface area contributed by atoms with Crippen LogP contribution < -0.4 is 15.1 Å². The van der Waals surface area contributed by atoms with E-state index in [2.05, 4.69) is 54.1 Å². The molecule has 0 unspecified atom stereocenters. The van der Waals surface area contributed by atoms with Crippen LogP contribution in [-0.4, -0.2) is 44.8 Å². The number of nitrogens with one attached hydrogen (secondary N) is 1. The minimum Gasteiger partial charge on any atom is -0.356 e. The van der Waals surface area contributed by atoms with E-state index in [9.17, 15) is 4.79 Å². The van der Waals surface area contributed by atoms with E-state index in [-0.39, 0.29) is 24.0 Å². The fourth-order valence-corrected chi connectivity index (χ4v) is 4.16. The number of amides is 1. The topological polar surface area (TPSA) is 79.2 Å². The predicted molar refractivity (Wildman–Crippen MR) is 124 cm³/mol. The molecule has 1 atom stereocenters. The largest absolute Gasteiger partial charge is 0.356 e. The molecule has 0 radical (unpaired) electrons. The molecular formula is C23H29N7O. The third-order valence-electron chi connectivity index (χ3n) is 5.61. The molecule has 3 heterocycles. The van der Waals surface area contributed by atoms with Gasteiger partial charge in [0.25, 0.3) is 0 Å². The summed E-state index contributed by atoms with van der Waals surface area (Å²) in [5.74, 6) is 0.609. The number of carbonyl (C=O) groups excluding carboxylic acids is 1. The van der Waals surface area contributed by atoms with Gasteiger partial charge in [0.15, 0.2) is 0 Å². The fraction of sp³-hybridized carbons (Fsp3) is 0.391. The van der Waals surface area contributed by atoms with Crippen molar-refractivity contribution in [2.45, 2.75) is 52.7 Å². The number of nitrogens with zero attached hydrogens (tertiary/aromatic N) is 6. The molecule has 1 aliphatic heterocycles. The van der Waals surface area contributed by atoms with Gasteiger partial charge >= 0.3 is 0 Å². The number of hydrogen-bond acceptors (Lipinski definition) is 6. The fourth-order valence-electron chi connectivity index (χ4n) is 4.16. The summed E-state index contributed by atoms with van der Waals surface area (Å²) >= 11 is 0. The Morgan fingerprint density at radius 1 is 1.00 bits per heavy atom.